The molecule has 188 valence electrons. The molecule has 8 heteroatoms. The molecule has 2 amide bonds. The second-order valence-electron chi connectivity index (χ2n) is 8.62. The molecule has 7 nitrogen and oxygen atoms in total. The number of nitrogens with one attached hydrogen (secondary N) is 1. The van der Waals surface area contributed by atoms with Gasteiger partial charge in [-0.2, -0.15) is 0 Å². The van der Waals surface area contributed by atoms with Crippen LogP contribution in [0, 0.1) is 0 Å². The zero-order chi connectivity index (χ0) is 25.3. The summed E-state index contributed by atoms with van der Waals surface area (Å²) in [6.45, 7) is 12.8. The zero-order valence-corrected chi connectivity index (χ0v) is 21.8. The van der Waals surface area contributed by atoms with Gasteiger partial charge in [0.05, 0.1) is 12.2 Å². The molecule has 2 atom stereocenters. The van der Waals surface area contributed by atoms with Crippen LogP contribution in [-0.4, -0.2) is 66.4 Å². The number of benzene rings is 1. The molecule has 1 aromatic carbocycles. The maximum absolute atomic E-state index is 13.1. The highest BCUT2D eigenvalue weighted by molar-refractivity contribution is 6.31. The second-order valence-corrected chi connectivity index (χ2v) is 9.02. The van der Waals surface area contributed by atoms with Gasteiger partial charge >= 0.3 is 5.97 Å². The number of nitrogens with zero attached hydrogens (tertiary/aromatic N) is 2. The molecule has 2 rings (SSSR count). The van der Waals surface area contributed by atoms with E-state index in [1.807, 2.05) is 19.1 Å². The van der Waals surface area contributed by atoms with Crippen molar-refractivity contribution in [2.24, 2.45) is 0 Å². The van der Waals surface area contributed by atoms with Crippen molar-refractivity contribution in [2.75, 3.05) is 32.8 Å². The molecule has 34 heavy (non-hydrogen) atoms. The molecule has 1 aliphatic rings. The van der Waals surface area contributed by atoms with Crippen LogP contribution in [0.3, 0.4) is 0 Å². The number of allylic oxidation sites excluding steroid dienone is 1. The number of rotatable bonds is 12. The van der Waals surface area contributed by atoms with Crippen molar-refractivity contribution in [3.05, 3.63) is 46.1 Å². The minimum absolute atomic E-state index is 0.00681. The molecule has 0 aliphatic carbocycles. The Morgan fingerprint density at radius 2 is 1.91 bits per heavy atom. The lowest BCUT2D eigenvalue weighted by Gasteiger charge is -2.34. The van der Waals surface area contributed by atoms with Crippen molar-refractivity contribution in [1.82, 2.24) is 15.1 Å². The van der Waals surface area contributed by atoms with Gasteiger partial charge in [-0.1, -0.05) is 43.6 Å². The van der Waals surface area contributed by atoms with Crippen molar-refractivity contribution < 1.29 is 19.1 Å². The van der Waals surface area contributed by atoms with Gasteiger partial charge in [0, 0.05) is 29.1 Å². The molecule has 0 radical (unpaired) electrons. The van der Waals surface area contributed by atoms with Gasteiger partial charge in [0.25, 0.3) is 0 Å². The van der Waals surface area contributed by atoms with Crippen LogP contribution >= 0.6 is 11.6 Å². The Morgan fingerprint density at radius 3 is 2.53 bits per heavy atom. The Balaban J connectivity index is 2.15. The lowest BCUT2D eigenvalue weighted by atomic mass is 9.83. The van der Waals surface area contributed by atoms with E-state index in [-0.39, 0.29) is 37.4 Å². The monoisotopic (exact) mass is 491 g/mol. The first kappa shape index (κ1) is 27.9. The van der Waals surface area contributed by atoms with Gasteiger partial charge < -0.3 is 19.9 Å². The van der Waals surface area contributed by atoms with Crippen molar-refractivity contribution in [3.63, 3.8) is 0 Å². The van der Waals surface area contributed by atoms with Crippen LogP contribution in [0.4, 0.5) is 0 Å². The maximum Gasteiger partial charge on any atom is 0.336 e. The number of halogens is 1. The largest absolute Gasteiger partial charge is 0.463 e. The van der Waals surface area contributed by atoms with Crippen LogP contribution in [0.5, 0.6) is 0 Å². The summed E-state index contributed by atoms with van der Waals surface area (Å²) in [5, 5.41) is 3.47. The van der Waals surface area contributed by atoms with Crippen LogP contribution in [0.25, 0.3) is 0 Å². The fraction of sp³-hybridized carbons (Fsp3) is 0.577. The van der Waals surface area contributed by atoms with E-state index in [0.29, 0.717) is 21.9 Å². The molecule has 1 N–H and O–H groups in total. The Morgan fingerprint density at radius 1 is 1.24 bits per heavy atom. The van der Waals surface area contributed by atoms with Crippen molar-refractivity contribution in [1.29, 1.82) is 0 Å². The molecular formula is C26H38ClN3O4. The summed E-state index contributed by atoms with van der Waals surface area (Å²) in [6, 6.07) is 7.17. The number of esters is 1. The molecule has 0 saturated carbocycles. The summed E-state index contributed by atoms with van der Waals surface area (Å²) in [7, 11) is 0. The first-order chi connectivity index (χ1) is 16.2. The number of ether oxygens (including phenoxy) is 1. The Kier molecular flexibility index (Phi) is 11.1. The van der Waals surface area contributed by atoms with Crippen LogP contribution in [-0.2, 0) is 19.1 Å². The van der Waals surface area contributed by atoms with E-state index in [1.165, 1.54) is 4.90 Å². The number of amides is 2. The summed E-state index contributed by atoms with van der Waals surface area (Å²) < 4.78 is 5.30. The summed E-state index contributed by atoms with van der Waals surface area (Å²) in [4.78, 5) is 42.4. The molecule has 0 bridgehead atoms. The van der Waals surface area contributed by atoms with Gasteiger partial charge in [0.1, 0.15) is 6.54 Å². The van der Waals surface area contributed by atoms with E-state index in [1.54, 1.807) is 26.0 Å². The standard InChI is InChI=1S/C26H38ClN3O4/c1-6-29(7-2)15-11-12-18(4)28-23(31)17-30-19(5)25(26(33)34-8-3)21(16-24(30)32)20-13-9-10-14-22(20)27/h9-10,13-14,18,21H,6-8,11-12,15-17H2,1-5H3,(H,28,31). The first-order valence-corrected chi connectivity index (χ1v) is 12.5. The summed E-state index contributed by atoms with van der Waals surface area (Å²) in [5.74, 6) is -1.48. The number of carbonyl (C=O) groups excluding carboxylic acids is 3. The highest BCUT2D eigenvalue weighted by Gasteiger charge is 2.38. The van der Waals surface area contributed by atoms with E-state index >= 15 is 0 Å². The predicted molar refractivity (Wildman–Crippen MR) is 134 cm³/mol. The number of hydrogen-bond acceptors (Lipinski definition) is 5. The SMILES string of the molecule is CCOC(=O)C1=C(C)N(CC(=O)NC(C)CCCN(CC)CC)C(=O)CC1c1ccccc1Cl. The van der Waals surface area contributed by atoms with Gasteiger partial charge in [0.2, 0.25) is 11.8 Å². The highest BCUT2D eigenvalue weighted by Crippen LogP contribution is 2.39. The smallest absolute Gasteiger partial charge is 0.336 e. The Hall–Kier alpha value is -2.38. The second kappa shape index (κ2) is 13.5. The van der Waals surface area contributed by atoms with Gasteiger partial charge in [-0.15, -0.1) is 0 Å². The highest BCUT2D eigenvalue weighted by atomic mass is 35.5. The lowest BCUT2D eigenvalue weighted by Crippen LogP contribution is -2.46. The third-order valence-electron chi connectivity index (χ3n) is 6.31. The quantitative estimate of drug-likeness (QED) is 0.445. The summed E-state index contributed by atoms with van der Waals surface area (Å²) in [6.07, 6.45) is 1.88. The van der Waals surface area contributed by atoms with Gasteiger partial charge in [-0.3, -0.25) is 9.59 Å². The topological polar surface area (TPSA) is 79.0 Å². The normalized spacial score (nSPS) is 17.2. The predicted octanol–water partition coefficient (Wildman–Crippen LogP) is 4.12. The van der Waals surface area contributed by atoms with Gasteiger partial charge in [-0.25, -0.2) is 4.79 Å². The van der Waals surface area contributed by atoms with Gasteiger partial charge in [0.15, 0.2) is 0 Å². The molecular weight excluding hydrogens is 454 g/mol. The Labute approximate surface area is 208 Å². The Bertz CT molecular complexity index is 898. The minimum atomic E-state index is -0.515. The van der Waals surface area contributed by atoms with Crippen LogP contribution in [0.1, 0.15) is 65.4 Å². The summed E-state index contributed by atoms with van der Waals surface area (Å²) in [5.41, 5.74) is 1.50. The fourth-order valence-electron chi connectivity index (χ4n) is 4.40. The lowest BCUT2D eigenvalue weighted by molar-refractivity contribution is -0.141. The minimum Gasteiger partial charge on any atom is -0.463 e. The third-order valence-corrected chi connectivity index (χ3v) is 6.66. The van der Waals surface area contributed by atoms with E-state index in [2.05, 4.69) is 24.1 Å². The maximum atomic E-state index is 13.1. The van der Waals surface area contributed by atoms with Crippen LogP contribution in [0.15, 0.2) is 35.5 Å². The molecule has 1 heterocycles. The molecule has 0 spiro atoms. The molecule has 1 aromatic rings. The third kappa shape index (κ3) is 7.31. The summed E-state index contributed by atoms with van der Waals surface area (Å²) >= 11 is 6.39. The van der Waals surface area contributed by atoms with Crippen LogP contribution in [0.2, 0.25) is 5.02 Å². The molecule has 0 aromatic heterocycles. The molecule has 0 fully saturated rings. The number of hydrogen-bond donors (Lipinski definition) is 1. The average Bonchev–Trinajstić information content (AvgIpc) is 2.79. The number of carbonyl (C=O) groups is 3. The van der Waals surface area contributed by atoms with E-state index in [4.69, 9.17) is 16.3 Å². The van der Waals surface area contributed by atoms with Crippen LogP contribution < -0.4 is 5.32 Å². The van der Waals surface area contributed by atoms with Crippen molar-refractivity contribution in [2.45, 2.75) is 65.8 Å². The molecule has 0 saturated heterocycles. The molecule has 2 unspecified atom stereocenters. The first-order valence-electron chi connectivity index (χ1n) is 12.2. The van der Waals surface area contributed by atoms with Gasteiger partial charge in [-0.05, 0) is 64.9 Å². The average molecular weight is 492 g/mol. The van der Waals surface area contributed by atoms with E-state index < -0.39 is 11.9 Å². The van der Waals surface area contributed by atoms with Crippen molar-refractivity contribution >= 4 is 29.4 Å². The zero-order valence-electron chi connectivity index (χ0n) is 21.0. The van der Waals surface area contributed by atoms with Crippen molar-refractivity contribution in [3.8, 4) is 0 Å². The fourth-order valence-corrected chi connectivity index (χ4v) is 4.66. The van der Waals surface area contributed by atoms with E-state index in [9.17, 15) is 14.4 Å². The molecule has 1 aliphatic heterocycles. The van der Waals surface area contributed by atoms with E-state index in [0.717, 1.165) is 32.5 Å².